The SMILES string of the molecule is CC(Cn1cccn1)(NC(=O)c1cccc(N2CCCC2)c1)C(N)=O. The number of nitrogens with zero attached hydrogens (tertiary/aromatic N) is 3. The van der Waals surface area contributed by atoms with Crippen LogP contribution < -0.4 is 16.0 Å². The van der Waals surface area contributed by atoms with Crippen molar-refractivity contribution in [2.75, 3.05) is 18.0 Å². The summed E-state index contributed by atoms with van der Waals surface area (Å²) in [4.78, 5) is 26.9. The van der Waals surface area contributed by atoms with E-state index in [4.69, 9.17) is 5.73 Å². The molecule has 3 rings (SSSR count). The number of nitrogens with one attached hydrogen (secondary N) is 1. The topological polar surface area (TPSA) is 93.2 Å². The molecule has 2 amide bonds. The fraction of sp³-hybridized carbons (Fsp3) is 0.389. The number of anilines is 1. The fourth-order valence-corrected chi connectivity index (χ4v) is 3.04. The van der Waals surface area contributed by atoms with Crippen molar-refractivity contribution in [1.29, 1.82) is 0 Å². The summed E-state index contributed by atoms with van der Waals surface area (Å²) in [6.45, 7) is 3.79. The number of hydrogen-bond donors (Lipinski definition) is 2. The monoisotopic (exact) mass is 341 g/mol. The Balaban J connectivity index is 1.77. The molecule has 7 nitrogen and oxygen atoms in total. The maximum Gasteiger partial charge on any atom is 0.252 e. The Bertz CT molecular complexity index is 753. The highest BCUT2D eigenvalue weighted by Gasteiger charge is 2.34. The lowest BCUT2D eigenvalue weighted by Gasteiger charge is -2.27. The summed E-state index contributed by atoms with van der Waals surface area (Å²) in [6, 6.07) is 9.21. The number of aromatic nitrogens is 2. The Hall–Kier alpha value is -2.83. The van der Waals surface area contributed by atoms with Gasteiger partial charge in [-0.3, -0.25) is 14.3 Å². The van der Waals surface area contributed by atoms with Crippen LogP contribution in [0.5, 0.6) is 0 Å². The van der Waals surface area contributed by atoms with Gasteiger partial charge in [-0.05, 0) is 44.0 Å². The van der Waals surface area contributed by atoms with Gasteiger partial charge in [0.15, 0.2) is 0 Å². The van der Waals surface area contributed by atoms with E-state index in [2.05, 4.69) is 15.3 Å². The van der Waals surface area contributed by atoms with Crippen LogP contribution in [-0.2, 0) is 11.3 Å². The maximum atomic E-state index is 12.7. The first-order valence-electron chi connectivity index (χ1n) is 8.43. The molecule has 132 valence electrons. The van der Waals surface area contributed by atoms with Crippen LogP contribution in [0.3, 0.4) is 0 Å². The molecule has 2 heterocycles. The van der Waals surface area contributed by atoms with E-state index in [9.17, 15) is 9.59 Å². The van der Waals surface area contributed by atoms with E-state index in [-0.39, 0.29) is 12.5 Å². The minimum absolute atomic E-state index is 0.174. The Kier molecular flexibility index (Phi) is 4.74. The lowest BCUT2D eigenvalue weighted by Crippen LogP contribution is -2.57. The molecular formula is C18H23N5O2. The standard InChI is InChI=1S/C18H23N5O2/c1-18(17(19)25,13-23-11-5-8-20-23)21-16(24)14-6-4-7-15(12-14)22-9-2-3-10-22/h4-8,11-12H,2-3,9-10,13H2,1H3,(H2,19,25)(H,21,24). The van der Waals surface area contributed by atoms with E-state index in [1.54, 1.807) is 36.1 Å². The highest BCUT2D eigenvalue weighted by atomic mass is 16.2. The van der Waals surface area contributed by atoms with Crippen molar-refractivity contribution in [3.63, 3.8) is 0 Å². The second-order valence-corrected chi connectivity index (χ2v) is 6.60. The van der Waals surface area contributed by atoms with E-state index >= 15 is 0 Å². The largest absolute Gasteiger partial charge is 0.372 e. The first-order valence-corrected chi connectivity index (χ1v) is 8.43. The third kappa shape index (κ3) is 3.81. The second kappa shape index (κ2) is 6.96. The molecular weight excluding hydrogens is 318 g/mol. The zero-order chi connectivity index (χ0) is 17.9. The molecule has 25 heavy (non-hydrogen) atoms. The number of hydrogen-bond acceptors (Lipinski definition) is 4. The number of benzene rings is 1. The Morgan fingerprint density at radius 1 is 1.28 bits per heavy atom. The molecule has 7 heteroatoms. The summed E-state index contributed by atoms with van der Waals surface area (Å²) in [7, 11) is 0. The van der Waals surface area contributed by atoms with Gasteiger partial charge >= 0.3 is 0 Å². The Morgan fingerprint density at radius 3 is 2.68 bits per heavy atom. The van der Waals surface area contributed by atoms with Crippen LogP contribution in [0, 0.1) is 0 Å². The molecule has 0 radical (unpaired) electrons. The van der Waals surface area contributed by atoms with Crippen molar-refractivity contribution in [3.8, 4) is 0 Å². The highest BCUT2D eigenvalue weighted by molar-refractivity contribution is 5.99. The average molecular weight is 341 g/mol. The minimum Gasteiger partial charge on any atom is -0.372 e. The lowest BCUT2D eigenvalue weighted by molar-refractivity contribution is -0.124. The summed E-state index contributed by atoms with van der Waals surface area (Å²) in [5.41, 5.74) is 5.85. The summed E-state index contributed by atoms with van der Waals surface area (Å²) in [5.74, 6) is -0.929. The van der Waals surface area contributed by atoms with Gasteiger partial charge in [-0.15, -0.1) is 0 Å². The maximum absolute atomic E-state index is 12.7. The zero-order valence-corrected chi connectivity index (χ0v) is 14.3. The van der Waals surface area contributed by atoms with Crippen molar-refractivity contribution >= 4 is 17.5 Å². The van der Waals surface area contributed by atoms with Crippen LogP contribution in [0.2, 0.25) is 0 Å². The highest BCUT2D eigenvalue weighted by Crippen LogP contribution is 2.21. The van der Waals surface area contributed by atoms with Crippen molar-refractivity contribution in [2.24, 2.45) is 5.73 Å². The van der Waals surface area contributed by atoms with E-state index in [0.29, 0.717) is 5.56 Å². The van der Waals surface area contributed by atoms with Gasteiger partial charge in [0.05, 0.1) is 6.54 Å². The molecule has 0 bridgehead atoms. The Morgan fingerprint density at radius 2 is 2.04 bits per heavy atom. The van der Waals surface area contributed by atoms with Crippen LogP contribution in [0.1, 0.15) is 30.1 Å². The quantitative estimate of drug-likeness (QED) is 0.824. The molecule has 0 aliphatic carbocycles. The van der Waals surface area contributed by atoms with E-state index < -0.39 is 11.4 Å². The van der Waals surface area contributed by atoms with Gasteiger partial charge in [0.25, 0.3) is 5.91 Å². The van der Waals surface area contributed by atoms with Crippen molar-refractivity contribution in [3.05, 3.63) is 48.3 Å². The molecule has 1 unspecified atom stereocenters. The number of carbonyl (C=O) groups excluding carboxylic acids is 2. The lowest BCUT2D eigenvalue weighted by atomic mass is 10.0. The van der Waals surface area contributed by atoms with Gasteiger partial charge in [0.1, 0.15) is 5.54 Å². The minimum atomic E-state index is -1.23. The van der Waals surface area contributed by atoms with Gasteiger partial charge in [-0.2, -0.15) is 5.10 Å². The predicted molar refractivity (Wildman–Crippen MR) is 95.2 cm³/mol. The summed E-state index contributed by atoms with van der Waals surface area (Å²) in [5, 5.41) is 6.85. The van der Waals surface area contributed by atoms with Gasteiger partial charge in [-0.1, -0.05) is 6.07 Å². The van der Waals surface area contributed by atoms with Crippen molar-refractivity contribution in [2.45, 2.75) is 31.8 Å². The smallest absolute Gasteiger partial charge is 0.252 e. The van der Waals surface area contributed by atoms with Crippen LogP contribution in [-0.4, -0.2) is 40.2 Å². The molecule has 3 N–H and O–H groups in total. The number of carbonyl (C=O) groups is 2. The van der Waals surface area contributed by atoms with Gasteiger partial charge in [-0.25, -0.2) is 0 Å². The molecule has 1 aromatic carbocycles. The average Bonchev–Trinajstić information content (AvgIpc) is 3.28. The molecule has 1 aliphatic heterocycles. The van der Waals surface area contributed by atoms with Crippen LogP contribution in [0.15, 0.2) is 42.7 Å². The van der Waals surface area contributed by atoms with Gasteiger partial charge < -0.3 is 16.0 Å². The summed E-state index contributed by atoms with van der Waals surface area (Å²) >= 11 is 0. The van der Waals surface area contributed by atoms with Crippen molar-refractivity contribution < 1.29 is 9.59 Å². The molecule has 0 spiro atoms. The number of nitrogens with two attached hydrogens (primary N) is 1. The number of primary amides is 1. The van der Waals surface area contributed by atoms with Crippen LogP contribution in [0.4, 0.5) is 5.69 Å². The second-order valence-electron chi connectivity index (χ2n) is 6.60. The normalized spacial score (nSPS) is 16.4. The number of rotatable bonds is 6. The van der Waals surface area contributed by atoms with E-state index in [1.807, 2.05) is 18.2 Å². The van der Waals surface area contributed by atoms with Gasteiger partial charge in [0.2, 0.25) is 5.91 Å². The van der Waals surface area contributed by atoms with E-state index in [1.165, 1.54) is 12.8 Å². The zero-order valence-electron chi connectivity index (χ0n) is 14.3. The molecule has 2 aromatic rings. The first kappa shape index (κ1) is 17.0. The third-order valence-electron chi connectivity index (χ3n) is 4.55. The van der Waals surface area contributed by atoms with E-state index in [0.717, 1.165) is 18.8 Å². The predicted octanol–water partition coefficient (Wildman–Crippen LogP) is 1.16. The van der Waals surface area contributed by atoms with Crippen LogP contribution in [0.25, 0.3) is 0 Å². The fourth-order valence-electron chi connectivity index (χ4n) is 3.04. The van der Waals surface area contributed by atoms with Gasteiger partial charge in [0, 0.05) is 36.7 Å². The molecule has 1 fully saturated rings. The van der Waals surface area contributed by atoms with Crippen LogP contribution >= 0.6 is 0 Å². The molecule has 1 saturated heterocycles. The molecule has 1 aromatic heterocycles. The summed E-state index contributed by atoms with van der Waals surface area (Å²) in [6.07, 6.45) is 5.67. The third-order valence-corrected chi connectivity index (χ3v) is 4.55. The Labute approximate surface area is 146 Å². The molecule has 1 aliphatic rings. The molecule has 1 atom stereocenters. The first-order chi connectivity index (χ1) is 12.0. The molecule has 0 saturated carbocycles. The summed E-state index contributed by atoms with van der Waals surface area (Å²) < 4.78 is 1.58. The number of amides is 2. The van der Waals surface area contributed by atoms with Crippen molar-refractivity contribution in [1.82, 2.24) is 15.1 Å².